The van der Waals surface area contributed by atoms with Crippen LogP contribution in [0.3, 0.4) is 0 Å². The van der Waals surface area contributed by atoms with Gasteiger partial charge in [0.25, 0.3) is 5.12 Å². The molecule has 3 heterocycles. The highest BCUT2D eigenvalue weighted by Crippen LogP contribution is 2.32. The van der Waals surface area contributed by atoms with Gasteiger partial charge in [-0.1, -0.05) is 32.3 Å². The Labute approximate surface area is 198 Å². The molecule has 7 heteroatoms. The van der Waals surface area contributed by atoms with Crippen molar-refractivity contribution in [2.75, 3.05) is 0 Å². The number of allylic oxidation sites excluding steroid dienone is 2. The van der Waals surface area contributed by atoms with E-state index in [1.165, 1.54) is 36.8 Å². The van der Waals surface area contributed by atoms with Crippen LogP contribution in [-0.4, -0.2) is 16.7 Å². The fraction of sp³-hybridized carbons (Fsp3) is 0.360. The molecule has 0 fully saturated rings. The summed E-state index contributed by atoms with van der Waals surface area (Å²) in [6.45, 7) is 6.03. The van der Waals surface area contributed by atoms with Crippen LogP contribution in [0.2, 0.25) is 0 Å². The Bertz CT molecular complexity index is 953. The molecule has 0 aliphatic carbocycles. The van der Waals surface area contributed by atoms with Crippen molar-refractivity contribution in [2.24, 2.45) is 0 Å². The molecule has 0 amide bonds. The van der Waals surface area contributed by atoms with Crippen molar-refractivity contribution in [3.05, 3.63) is 72.5 Å². The number of hydrogen-bond donors (Lipinski definition) is 0. The van der Waals surface area contributed by atoms with Crippen LogP contribution in [0.15, 0.2) is 78.2 Å². The van der Waals surface area contributed by atoms with Crippen LogP contribution in [-0.2, 0) is 4.79 Å². The van der Waals surface area contributed by atoms with E-state index in [1.54, 1.807) is 36.8 Å². The molecule has 0 aliphatic rings. The van der Waals surface area contributed by atoms with Gasteiger partial charge in [-0.15, -0.1) is 11.8 Å². The topological polar surface area (TPSA) is 73.6 Å². The molecule has 0 saturated heterocycles. The van der Waals surface area contributed by atoms with Gasteiger partial charge in [0.1, 0.15) is 17.8 Å². The standard InChI is InChI=1S/C15H22O2S.C10H8O3S/c1-3-4-5-8-14(9-6-7-11-16)18-15-10-12-17-13(15)2;1-7-9(4-6-12-7)14-10(11)8-3-2-5-13-8/h6-7,10-12,14H,3-5,8-9H2,1-2H3;2-6H,1H3/b7-6+;. The molecule has 172 valence electrons. The third-order valence-corrected chi connectivity index (χ3v) is 7.05. The van der Waals surface area contributed by atoms with Crippen LogP contribution in [0, 0.1) is 13.8 Å². The lowest BCUT2D eigenvalue weighted by molar-refractivity contribution is -0.104. The molecule has 3 aromatic rings. The van der Waals surface area contributed by atoms with Gasteiger partial charge in [-0.2, -0.15) is 0 Å². The van der Waals surface area contributed by atoms with E-state index >= 15 is 0 Å². The summed E-state index contributed by atoms with van der Waals surface area (Å²) in [4.78, 5) is 23.9. The second kappa shape index (κ2) is 14.6. The van der Waals surface area contributed by atoms with Crippen LogP contribution in [0.1, 0.15) is 61.1 Å². The summed E-state index contributed by atoms with van der Waals surface area (Å²) in [6.07, 6.45) is 15.1. The molecule has 0 N–H and O–H groups in total. The average molecular weight is 475 g/mol. The number of carbonyl (C=O) groups is 2. The van der Waals surface area contributed by atoms with Crippen molar-refractivity contribution in [1.82, 2.24) is 0 Å². The highest BCUT2D eigenvalue weighted by Gasteiger charge is 2.13. The molecular formula is C25H30O5S2. The lowest BCUT2D eigenvalue weighted by Gasteiger charge is -2.13. The van der Waals surface area contributed by atoms with Gasteiger partial charge in [-0.05, 0) is 68.8 Å². The molecule has 0 saturated carbocycles. The minimum atomic E-state index is -0.112. The summed E-state index contributed by atoms with van der Waals surface area (Å²) in [7, 11) is 0. The van der Waals surface area contributed by atoms with Crippen molar-refractivity contribution in [2.45, 2.75) is 67.9 Å². The number of aryl methyl sites for hydroxylation is 2. The maximum atomic E-state index is 11.6. The lowest BCUT2D eigenvalue weighted by Crippen LogP contribution is -2.01. The first-order valence-corrected chi connectivity index (χ1v) is 12.4. The third-order valence-electron chi connectivity index (χ3n) is 4.58. The lowest BCUT2D eigenvalue weighted by atomic mass is 10.1. The molecule has 0 radical (unpaired) electrons. The molecule has 1 atom stereocenters. The van der Waals surface area contributed by atoms with Crippen molar-refractivity contribution >= 4 is 34.9 Å². The Morgan fingerprint density at radius 3 is 2.28 bits per heavy atom. The number of carbonyl (C=O) groups excluding carboxylic acids is 2. The van der Waals surface area contributed by atoms with Gasteiger partial charge in [-0.3, -0.25) is 9.59 Å². The summed E-state index contributed by atoms with van der Waals surface area (Å²) >= 11 is 2.97. The molecule has 5 nitrogen and oxygen atoms in total. The minimum absolute atomic E-state index is 0.112. The second-order valence-electron chi connectivity index (χ2n) is 7.08. The highest BCUT2D eigenvalue weighted by atomic mass is 32.2. The molecule has 32 heavy (non-hydrogen) atoms. The van der Waals surface area contributed by atoms with E-state index in [0.717, 1.165) is 40.9 Å². The van der Waals surface area contributed by atoms with E-state index in [-0.39, 0.29) is 5.12 Å². The zero-order valence-electron chi connectivity index (χ0n) is 18.7. The maximum Gasteiger partial charge on any atom is 0.259 e. The first-order chi connectivity index (χ1) is 15.5. The first kappa shape index (κ1) is 25.9. The Morgan fingerprint density at radius 1 is 1.00 bits per heavy atom. The number of hydrogen-bond acceptors (Lipinski definition) is 7. The minimum Gasteiger partial charge on any atom is -0.468 e. The Balaban J connectivity index is 0.000000233. The Morgan fingerprint density at radius 2 is 1.72 bits per heavy atom. The molecule has 0 spiro atoms. The molecule has 0 aliphatic heterocycles. The maximum absolute atomic E-state index is 11.6. The molecule has 0 aromatic carbocycles. The molecule has 3 rings (SSSR count). The van der Waals surface area contributed by atoms with E-state index in [2.05, 4.69) is 6.92 Å². The molecule has 3 aromatic heterocycles. The number of unbranched alkanes of at least 4 members (excludes halogenated alkanes) is 2. The molecule has 1 unspecified atom stereocenters. The first-order valence-electron chi connectivity index (χ1n) is 10.7. The normalized spacial score (nSPS) is 11.8. The number of thioether (sulfide) groups is 2. The van der Waals surface area contributed by atoms with E-state index in [4.69, 9.17) is 13.3 Å². The zero-order valence-corrected chi connectivity index (χ0v) is 20.4. The average Bonchev–Trinajstić information content (AvgIpc) is 3.53. The van der Waals surface area contributed by atoms with Gasteiger partial charge in [-0.25, -0.2) is 0 Å². The van der Waals surface area contributed by atoms with Crippen molar-refractivity contribution in [1.29, 1.82) is 0 Å². The van der Waals surface area contributed by atoms with Crippen molar-refractivity contribution < 1.29 is 22.8 Å². The second-order valence-corrected chi connectivity index (χ2v) is 9.44. The van der Waals surface area contributed by atoms with Crippen LogP contribution in [0.25, 0.3) is 0 Å². The van der Waals surface area contributed by atoms with Crippen LogP contribution >= 0.6 is 23.5 Å². The predicted octanol–water partition coefficient (Wildman–Crippen LogP) is 7.89. The van der Waals surface area contributed by atoms with E-state index < -0.39 is 0 Å². The van der Waals surface area contributed by atoms with Gasteiger partial charge in [0.05, 0.1) is 23.7 Å². The Hall–Kier alpha value is -2.38. The SMILES string of the molecule is CCCCCC(C/C=C/C=O)Sc1ccoc1C.Cc1occc1SC(=O)c1ccco1. The largest absolute Gasteiger partial charge is 0.468 e. The number of furan rings is 3. The van der Waals surface area contributed by atoms with Crippen LogP contribution in [0.4, 0.5) is 0 Å². The molecule has 0 bridgehead atoms. The van der Waals surface area contributed by atoms with Crippen LogP contribution < -0.4 is 0 Å². The Kier molecular flexibility index (Phi) is 11.8. The fourth-order valence-corrected chi connectivity index (χ4v) is 4.76. The predicted molar refractivity (Wildman–Crippen MR) is 129 cm³/mol. The van der Waals surface area contributed by atoms with Gasteiger partial charge in [0.2, 0.25) is 0 Å². The highest BCUT2D eigenvalue weighted by molar-refractivity contribution is 8.14. The summed E-state index contributed by atoms with van der Waals surface area (Å²) in [6, 6.07) is 7.12. The van der Waals surface area contributed by atoms with Crippen molar-refractivity contribution in [3.8, 4) is 0 Å². The van der Waals surface area contributed by atoms with E-state index in [9.17, 15) is 9.59 Å². The summed E-state index contributed by atoms with van der Waals surface area (Å²) in [5.74, 6) is 2.09. The fourth-order valence-electron chi connectivity index (χ4n) is 2.83. The summed E-state index contributed by atoms with van der Waals surface area (Å²) in [5, 5.41) is 0.420. The van der Waals surface area contributed by atoms with Gasteiger partial charge >= 0.3 is 0 Å². The quantitative estimate of drug-likeness (QED) is 0.121. The van der Waals surface area contributed by atoms with Crippen molar-refractivity contribution in [3.63, 3.8) is 0 Å². The van der Waals surface area contributed by atoms with Gasteiger partial charge in [0.15, 0.2) is 5.76 Å². The van der Waals surface area contributed by atoms with E-state index in [0.29, 0.717) is 11.0 Å². The summed E-state index contributed by atoms with van der Waals surface area (Å²) < 4.78 is 15.4. The van der Waals surface area contributed by atoms with Gasteiger partial charge in [0, 0.05) is 10.1 Å². The smallest absolute Gasteiger partial charge is 0.259 e. The number of rotatable bonds is 11. The van der Waals surface area contributed by atoms with E-state index in [1.807, 2.05) is 37.8 Å². The zero-order chi connectivity index (χ0) is 23.2. The van der Waals surface area contributed by atoms with Gasteiger partial charge < -0.3 is 13.3 Å². The summed E-state index contributed by atoms with van der Waals surface area (Å²) in [5.41, 5.74) is 0. The third kappa shape index (κ3) is 9.01. The van der Waals surface area contributed by atoms with Crippen LogP contribution in [0.5, 0.6) is 0 Å². The molecular weight excluding hydrogens is 444 g/mol. The number of aldehydes is 1. The monoisotopic (exact) mass is 474 g/mol.